The topological polar surface area (TPSA) is 64.6 Å². The summed E-state index contributed by atoms with van der Waals surface area (Å²) in [4.78, 5) is 16.5. The van der Waals surface area contributed by atoms with E-state index in [1.54, 1.807) is 26.2 Å². The van der Waals surface area contributed by atoms with Crippen LogP contribution in [-0.4, -0.2) is 34.4 Å². The highest BCUT2D eigenvalue weighted by atomic mass is 35.5. The van der Waals surface area contributed by atoms with Crippen molar-refractivity contribution in [3.8, 4) is 11.2 Å². The molecule has 0 unspecified atom stereocenters. The van der Waals surface area contributed by atoms with E-state index in [0.29, 0.717) is 16.8 Å². The number of amides is 1. The van der Waals surface area contributed by atoms with Gasteiger partial charge in [0.1, 0.15) is 6.61 Å². The SMILES string of the molecule is CN(C)C(=O)Oc1nsc(OCc2ccc(Cl)cc2)n1. The van der Waals surface area contributed by atoms with Gasteiger partial charge in [0.2, 0.25) is 0 Å². The fourth-order valence-electron chi connectivity index (χ4n) is 1.19. The third kappa shape index (κ3) is 4.07. The van der Waals surface area contributed by atoms with Gasteiger partial charge < -0.3 is 14.4 Å². The molecule has 2 rings (SSSR count). The van der Waals surface area contributed by atoms with Crippen LogP contribution in [0, 0.1) is 0 Å². The summed E-state index contributed by atoms with van der Waals surface area (Å²) < 4.78 is 14.2. The lowest BCUT2D eigenvalue weighted by atomic mass is 10.2. The van der Waals surface area contributed by atoms with Gasteiger partial charge in [-0.2, -0.15) is 0 Å². The molecular formula is C12H12ClN3O3S. The van der Waals surface area contributed by atoms with Crippen molar-refractivity contribution in [2.24, 2.45) is 0 Å². The van der Waals surface area contributed by atoms with E-state index in [2.05, 4.69) is 9.36 Å². The summed E-state index contributed by atoms with van der Waals surface area (Å²) in [7, 11) is 3.15. The second-order valence-corrected chi connectivity index (χ2v) is 5.17. The first kappa shape index (κ1) is 14.5. The smallest absolute Gasteiger partial charge is 0.417 e. The van der Waals surface area contributed by atoms with Crippen molar-refractivity contribution in [3.63, 3.8) is 0 Å². The van der Waals surface area contributed by atoms with E-state index < -0.39 is 6.09 Å². The highest BCUT2D eigenvalue weighted by Crippen LogP contribution is 2.20. The number of benzene rings is 1. The number of aromatic nitrogens is 2. The third-order valence-electron chi connectivity index (χ3n) is 2.21. The van der Waals surface area contributed by atoms with Crippen molar-refractivity contribution in [2.75, 3.05) is 14.1 Å². The molecule has 0 aliphatic rings. The molecule has 0 spiro atoms. The molecule has 1 amide bonds. The quantitative estimate of drug-likeness (QED) is 0.868. The number of hydrogen-bond donors (Lipinski definition) is 0. The molecule has 106 valence electrons. The molecule has 8 heteroatoms. The predicted molar refractivity (Wildman–Crippen MR) is 75.4 cm³/mol. The van der Waals surface area contributed by atoms with Crippen molar-refractivity contribution in [1.82, 2.24) is 14.3 Å². The van der Waals surface area contributed by atoms with Gasteiger partial charge in [-0.15, -0.1) is 9.36 Å². The standard InChI is InChI=1S/C12H12ClN3O3S/c1-16(2)12(17)19-10-14-11(20-15-10)18-7-8-3-5-9(13)6-4-8/h3-6H,7H2,1-2H3. The highest BCUT2D eigenvalue weighted by Gasteiger charge is 2.12. The van der Waals surface area contributed by atoms with Crippen LogP contribution in [0.25, 0.3) is 0 Å². The van der Waals surface area contributed by atoms with Gasteiger partial charge in [0.05, 0.1) is 0 Å². The summed E-state index contributed by atoms with van der Waals surface area (Å²) in [5.74, 6) is 0. The summed E-state index contributed by atoms with van der Waals surface area (Å²) in [5, 5.41) is 1.00. The van der Waals surface area contributed by atoms with E-state index in [0.717, 1.165) is 17.1 Å². The van der Waals surface area contributed by atoms with E-state index in [1.807, 2.05) is 12.1 Å². The maximum atomic E-state index is 11.3. The summed E-state index contributed by atoms with van der Waals surface area (Å²) in [6.45, 7) is 0.341. The van der Waals surface area contributed by atoms with Crippen LogP contribution in [0.4, 0.5) is 4.79 Å². The van der Waals surface area contributed by atoms with Crippen LogP contribution < -0.4 is 9.47 Å². The molecule has 2 aromatic rings. The Labute approximate surface area is 125 Å². The van der Waals surface area contributed by atoms with E-state index in [4.69, 9.17) is 21.1 Å². The minimum absolute atomic E-state index is 0.0141. The van der Waals surface area contributed by atoms with Crippen LogP contribution in [0.2, 0.25) is 5.02 Å². The average Bonchev–Trinajstić information content (AvgIpc) is 2.85. The Hall–Kier alpha value is -1.86. The molecule has 0 N–H and O–H groups in total. The molecule has 0 fully saturated rings. The van der Waals surface area contributed by atoms with Crippen LogP contribution in [-0.2, 0) is 6.61 Å². The number of carbonyl (C=O) groups is 1. The maximum absolute atomic E-state index is 11.3. The predicted octanol–water partition coefficient (Wildman–Crippen LogP) is 2.83. The first-order valence-corrected chi connectivity index (χ1v) is 6.80. The lowest BCUT2D eigenvalue weighted by Crippen LogP contribution is -2.25. The third-order valence-corrected chi connectivity index (χ3v) is 3.07. The Morgan fingerprint density at radius 1 is 1.35 bits per heavy atom. The molecule has 0 saturated carbocycles. The first-order chi connectivity index (χ1) is 9.54. The fraction of sp³-hybridized carbons (Fsp3) is 0.250. The van der Waals surface area contributed by atoms with Gasteiger partial charge >= 0.3 is 12.1 Å². The fourth-order valence-corrected chi connectivity index (χ4v) is 1.78. The molecule has 1 aromatic carbocycles. The van der Waals surface area contributed by atoms with Crippen molar-refractivity contribution in [1.29, 1.82) is 0 Å². The zero-order chi connectivity index (χ0) is 14.5. The zero-order valence-corrected chi connectivity index (χ0v) is 12.4. The van der Waals surface area contributed by atoms with Gasteiger partial charge in [0.25, 0.3) is 5.19 Å². The molecule has 1 heterocycles. The molecule has 0 aliphatic carbocycles. The number of nitrogens with zero attached hydrogens (tertiary/aromatic N) is 3. The van der Waals surface area contributed by atoms with Crippen LogP contribution in [0.15, 0.2) is 24.3 Å². The normalized spacial score (nSPS) is 10.2. The zero-order valence-electron chi connectivity index (χ0n) is 10.9. The van der Waals surface area contributed by atoms with E-state index >= 15 is 0 Å². The van der Waals surface area contributed by atoms with Crippen LogP contribution in [0.3, 0.4) is 0 Å². The lowest BCUT2D eigenvalue weighted by molar-refractivity contribution is 0.168. The van der Waals surface area contributed by atoms with Gasteiger partial charge in [0, 0.05) is 30.7 Å². The Kier molecular flexibility index (Phi) is 4.75. The Morgan fingerprint density at radius 2 is 2.05 bits per heavy atom. The van der Waals surface area contributed by atoms with Gasteiger partial charge in [-0.05, 0) is 17.7 Å². The number of carbonyl (C=O) groups excluding carboxylic acids is 1. The average molecular weight is 314 g/mol. The molecule has 20 heavy (non-hydrogen) atoms. The molecule has 0 saturated heterocycles. The second kappa shape index (κ2) is 6.53. The Balaban J connectivity index is 1.89. The van der Waals surface area contributed by atoms with Gasteiger partial charge in [-0.1, -0.05) is 23.7 Å². The molecule has 0 radical (unpaired) electrons. The number of hydrogen-bond acceptors (Lipinski definition) is 6. The first-order valence-electron chi connectivity index (χ1n) is 5.64. The van der Waals surface area contributed by atoms with Crippen molar-refractivity contribution in [2.45, 2.75) is 6.61 Å². The number of halogens is 1. The van der Waals surface area contributed by atoms with Gasteiger partial charge in [0.15, 0.2) is 0 Å². The molecular weight excluding hydrogens is 302 g/mol. The van der Waals surface area contributed by atoms with E-state index in [1.165, 1.54) is 4.90 Å². The summed E-state index contributed by atoms with van der Waals surface area (Å²) in [6.07, 6.45) is -0.535. The Morgan fingerprint density at radius 3 is 2.70 bits per heavy atom. The molecule has 6 nitrogen and oxygen atoms in total. The monoisotopic (exact) mass is 313 g/mol. The van der Waals surface area contributed by atoms with Crippen LogP contribution >= 0.6 is 23.1 Å². The Bertz CT molecular complexity index is 586. The minimum Gasteiger partial charge on any atom is -0.464 e. The maximum Gasteiger partial charge on any atom is 0.417 e. The minimum atomic E-state index is -0.535. The molecule has 0 bridgehead atoms. The van der Waals surface area contributed by atoms with E-state index in [-0.39, 0.29) is 6.01 Å². The molecule has 0 atom stereocenters. The number of ether oxygens (including phenoxy) is 2. The van der Waals surface area contributed by atoms with Gasteiger partial charge in [-0.3, -0.25) is 0 Å². The summed E-state index contributed by atoms with van der Waals surface area (Å²) in [6, 6.07) is 7.27. The van der Waals surface area contributed by atoms with Crippen molar-refractivity contribution in [3.05, 3.63) is 34.9 Å². The van der Waals surface area contributed by atoms with Crippen LogP contribution in [0.5, 0.6) is 11.2 Å². The van der Waals surface area contributed by atoms with Crippen molar-refractivity contribution < 1.29 is 14.3 Å². The largest absolute Gasteiger partial charge is 0.464 e. The summed E-state index contributed by atoms with van der Waals surface area (Å²) in [5.41, 5.74) is 0.955. The van der Waals surface area contributed by atoms with Crippen molar-refractivity contribution >= 4 is 29.2 Å². The highest BCUT2D eigenvalue weighted by molar-refractivity contribution is 7.07. The van der Waals surface area contributed by atoms with E-state index in [9.17, 15) is 4.79 Å². The lowest BCUT2D eigenvalue weighted by Gasteiger charge is -2.07. The van der Waals surface area contributed by atoms with Gasteiger partial charge in [-0.25, -0.2) is 4.79 Å². The summed E-state index contributed by atoms with van der Waals surface area (Å²) >= 11 is 6.81. The van der Waals surface area contributed by atoms with Crippen LogP contribution in [0.1, 0.15) is 5.56 Å². The second-order valence-electron chi connectivity index (χ2n) is 4.02. The number of rotatable bonds is 4. The molecule has 1 aromatic heterocycles. The molecule has 0 aliphatic heterocycles.